The molecule has 0 N–H and O–H groups in total. The first-order valence-electron chi connectivity index (χ1n) is 4.61. The maximum Gasteiger partial charge on any atom is 0.433 e. The van der Waals surface area contributed by atoms with Crippen molar-refractivity contribution >= 4 is 5.97 Å². The van der Waals surface area contributed by atoms with Gasteiger partial charge in [0.05, 0.1) is 18.2 Å². The Hall–Kier alpha value is -2.24. The van der Waals surface area contributed by atoms with E-state index in [4.69, 9.17) is 5.26 Å². The molecule has 9 heteroatoms. The zero-order chi connectivity index (χ0) is 14.8. The Balaban J connectivity index is 3.71. The molecule has 0 aliphatic heterocycles. The van der Waals surface area contributed by atoms with Gasteiger partial charge in [0.2, 0.25) is 0 Å². The third kappa shape index (κ3) is 2.96. The molecule has 1 aromatic rings. The van der Waals surface area contributed by atoms with Crippen LogP contribution in [0.25, 0.3) is 0 Å². The highest BCUT2D eigenvalue weighted by atomic mass is 19.4. The van der Waals surface area contributed by atoms with Crippen LogP contribution in [-0.2, 0) is 10.9 Å². The number of rotatable bonds is 2. The van der Waals surface area contributed by atoms with Gasteiger partial charge in [-0.1, -0.05) is 0 Å². The summed E-state index contributed by atoms with van der Waals surface area (Å²) in [7, 11) is 0.817. The summed E-state index contributed by atoms with van der Waals surface area (Å²) >= 11 is 0. The molecule has 0 saturated carbocycles. The standard InChI is InChI=1S/C10H5F5N2O2/c1-19-9(18)5-2-4(3-16)17-7(10(13,14)15)6(5)8(11)12/h2,8H,1H3. The lowest BCUT2D eigenvalue weighted by Crippen LogP contribution is -2.18. The molecule has 1 aromatic heterocycles. The van der Waals surface area contributed by atoms with Crippen LogP contribution >= 0.6 is 0 Å². The SMILES string of the molecule is COC(=O)c1cc(C#N)nc(C(F)(F)F)c1C(F)F. The molecule has 0 unspecified atom stereocenters. The zero-order valence-electron chi connectivity index (χ0n) is 9.26. The number of carbonyl (C=O) groups excluding carboxylic acids is 1. The fourth-order valence-corrected chi connectivity index (χ4v) is 1.33. The van der Waals surface area contributed by atoms with Crippen LogP contribution in [0.15, 0.2) is 6.07 Å². The summed E-state index contributed by atoms with van der Waals surface area (Å²) in [6, 6.07) is 1.79. The molecule has 0 aliphatic rings. The molecule has 0 spiro atoms. The minimum atomic E-state index is -5.22. The molecule has 1 heterocycles. The second-order valence-electron chi connectivity index (χ2n) is 3.22. The Morgan fingerprint density at radius 2 is 2.05 bits per heavy atom. The average molecular weight is 280 g/mol. The Morgan fingerprint density at radius 1 is 1.47 bits per heavy atom. The van der Waals surface area contributed by atoms with E-state index < -0.39 is 41.1 Å². The van der Waals surface area contributed by atoms with E-state index in [9.17, 15) is 26.7 Å². The van der Waals surface area contributed by atoms with Crippen molar-refractivity contribution in [2.45, 2.75) is 12.6 Å². The molecular weight excluding hydrogens is 275 g/mol. The van der Waals surface area contributed by atoms with E-state index in [1.54, 1.807) is 0 Å². The molecule has 0 fully saturated rings. The number of ether oxygens (including phenoxy) is 1. The predicted octanol–water partition coefficient (Wildman–Crippen LogP) is 2.70. The number of halogens is 5. The Bertz CT molecular complexity index is 548. The van der Waals surface area contributed by atoms with Gasteiger partial charge in [0, 0.05) is 0 Å². The largest absolute Gasteiger partial charge is 0.465 e. The lowest BCUT2D eigenvalue weighted by molar-refractivity contribution is -0.143. The van der Waals surface area contributed by atoms with Gasteiger partial charge in [-0.15, -0.1) is 0 Å². The molecule has 19 heavy (non-hydrogen) atoms. The first-order valence-corrected chi connectivity index (χ1v) is 4.61. The van der Waals surface area contributed by atoms with Crippen molar-refractivity contribution in [3.63, 3.8) is 0 Å². The molecular formula is C10H5F5N2O2. The number of hydrogen-bond acceptors (Lipinski definition) is 4. The smallest absolute Gasteiger partial charge is 0.433 e. The van der Waals surface area contributed by atoms with Gasteiger partial charge >= 0.3 is 12.1 Å². The van der Waals surface area contributed by atoms with Crippen LogP contribution in [0.3, 0.4) is 0 Å². The van der Waals surface area contributed by atoms with Crippen molar-refractivity contribution < 1.29 is 31.5 Å². The van der Waals surface area contributed by atoms with Gasteiger partial charge in [0.1, 0.15) is 11.8 Å². The van der Waals surface area contributed by atoms with Crippen molar-refractivity contribution in [1.82, 2.24) is 4.98 Å². The normalized spacial score (nSPS) is 11.3. The topological polar surface area (TPSA) is 63.0 Å². The van der Waals surface area contributed by atoms with Crippen molar-refractivity contribution in [2.75, 3.05) is 7.11 Å². The summed E-state index contributed by atoms with van der Waals surface area (Å²) in [5.74, 6) is -1.40. The number of hydrogen-bond donors (Lipinski definition) is 0. The molecule has 0 aromatic carbocycles. The maximum absolute atomic E-state index is 12.7. The van der Waals surface area contributed by atoms with Gasteiger partial charge in [-0.25, -0.2) is 18.6 Å². The van der Waals surface area contributed by atoms with E-state index in [-0.39, 0.29) is 0 Å². The average Bonchev–Trinajstić information content (AvgIpc) is 2.34. The van der Waals surface area contributed by atoms with E-state index >= 15 is 0 Å². The van der Waals surface area contributed by atoms with Gasteiger partial charge in [-0.05, 0) is 6.07 Å². The number of esters is 1. The Labute approximate surface area is 103 Å². The van der Waals surface area contributed by atoms with Crippen molar-refractivity contribution in [3.05, 3.63) is 28.6 Å². The Morgan fingerprint density at radius 3 is 2.42 bits per heavy atom. The minimum Gasteiger partial charge on any atom is -0.465 e. The number of aromatic nitrogens is 1. The van der Waals surface area contributed by atoms with Crippen molar-refractivity contribution in [3.8, 4) is 6.07 Å². The fraction of sp³-hybridized carbons (Fsp3) is 0.300. The van der Waals surface area contributed by atoms with E-state index in [2.05, 4.69) is 9.72 Å². The van der Waals surface area contributed by atoms with E-state index in [0.717, 1.165) is 7.11 Å². The molecule has 0 amide bonds. The third-order valence-corrected chi connectivity index (χ3v) is 2.07. The van der Waals surface area contributed by atoms with Crippen LogP contribution in [0.2, 0.25) is 0 Å². The van der Waals surface area contributed by atoms with Crippen LogP contribution in [0.4, 0.5) is 22.0 Å². The molecule has 0 aliphatic carbocycles. The molecule has 0 bridgehead atoms. The van der Waals surface area contributed by atoms with Crippen LogP contribution < -0.4 is 0 Å². The highest BCUT2D eigenvalue weighted by Crippen LogP contribution is 2.37. The van der Waals surface area contributed by atoms with Crippen molar-refractivity contribution in [1.29, 1.82) is 5.26 Å². The summed E-state index contributed by atoms with van der Waals surface area (Å²) < 4.78 is 67.4. The van der Waals surface area contributed by atoms with E-state index in [0.29, 0.717) is 6.07 Å². The highest BCUT2D eigenvalue weighted by Gasteiger charge is 2.40. The summed E-state index contributed by atoms with van der Waals surface area (Å²) in [6.07, 6.45) is -8.81. The maximum atomic E-state index is 12.7. The van der Waals surface area contributed by atoms with Gasteiger partial charge in [0.25, 0.3) is 6.43 Å². The van der Waals surface area contributed by atoms with Crippen molar-refractivity contribution in [2.24, 2.45) is 0 Å². The first kappa shape index (κ1) is 14.8. The number of alkyl halides is 5. The first-order chi connectivity index (χ1) is 8.72. The summed E-state index contributed by atoms with van der Waals surface area (Å²) in [5, 5.41) is 8.52. The molecule has 0 saturated heterocycles. The van der Waals surface area contributed by atoms with Crippen LogP contribution in [-0.4, -0.2) is 18.1 Å². The number of methoxy groups -OCH3 is 1. The summed E-state index contributed by atoms with van der Waals surface area (Å²) in [6.45, 7) is 0. The number of nitriles is 1. The lowest BCUT2D eigenvalue weighted by Gasteiger charge is -2.14. The van der Waals surface area contributed by atoms with Crippen LogP contribution in [0.1, 0.15) is 33.7 Å². The highest BCUT2D eigenvalue weighted by molar-refractivity contribution is 5.91. The fourth-order valence-electron chi connectivity index (χ4n) is 1.33. The van der Waals surface area contributed by atoms with Crippen LogP contribution in [0.5, 0.6) is 0 Å². The Kier molecular flexibility index (Phi) is 4.04. The van der Waals surface area contributed by atoms with Gasteiger partial charge in [-0.2, -0.15) is 18.4 Å². The minimum absolute atomic E-state index is 0.530. The quantitative estimate of drug-likeness (QED) is 0.617. The van der Waals surface area contributed by atoms with Gasteiger partial charge in [0.15, 0.2) is 5.69 Å². The second-order valence-corrected chi connectivity index (χ2v) is 3.22. The molecule has 0 radical (unpaired) electrons. The van der Waals surface area contributed by atoms with Gasteiger partial charge in [-0.3, -0.25) is 0 Å². The lowest BCUT2D eigenvalue weighted by atomic mass is 10.0. The number of pyridine rings is 1. The monoisotopic (exact) mass is 280 g/mol. The molecule has 1 rings (SSSR count). The zero-order valence-corrected chi connectivity index (χ0v) is 9.26. The van der Waals surface area contributed by atoms with E-state index in [1.165, 1.54) is 6.07 Å². The van der Waals surface area contributed by atoms with E-state index in [1.807, 2.05) is 0 Å². The summed E-state index contributed by atoms with van der Waals surface area (Å²) in [4.78, 5) is 14.0. The number of nitrogens with zero attached hydrogens (tertiary/aromatic N) is 2. The molecule has 0 atom stereocenters. The van der Waals surface area contributed by atoms with Gasteiger partial charge < -0.3 is 4.74 Å². The van der Waals surface area contributed by atoms with Crippen LogP contribution in [0, 0.1) is 11.3 Å². The number of carbonyl (C=O) groups is 1. The summed E-state index contributed by atoms with van der Waals surface area (Å²) in [5.41, 5.74) is -5.41. The molecule has 4 nitrogen and oxygen atoms in total. The second kappa shape index (κ2) is 5.17. The third-order valence-electron chi connectivity index (χ3n) is 2.07. The molecule has 102 valence electrons. The predicted molar refractivity (Wildman–Crippen MR) is 50.3 cm³/mol.